The van der Waals surface area contributed by atoms with Crippen LogP contribution in [0.25, 0.3) is 0 Å². The number of benzene rings is 4. The largest absolute Gasteiger partial charge is 0.475 e. The molecule has 0 fully saturated rings. The maximum Gasteiger partial charge on any atom is 0.216 e. The Bertz CT molecular complexity index is 1420. The Hall–Kier alpha value is -3.69. The average Bonchev–Trinajstić information content (AvgIpc) is 3.45. The van der Waals surface area contributed by atoms with Gasteiger partial charge in [-0.3, -0.25) is 0 Å². The van der Waals surface area contributed by atoms with Crippen molar-refractivity contribution in [1.82, 2.24) is 0 Å². The molecular weight excluding hydrogens is 466 g/mol. The Morgan fingerprint density at radius 1 is 0.737 bits per heavy atom. The summed E-state index contributed by atoms with van der Waals surface area (Å²) in [6.45, 7) is 5.06. The SMILES string of the molecule is CC(C)[C@H]1COC(c2cc3ccc2CCc2ccc(cc2C(O)(c2ccccc2)c2ccccc2)CC3)=N1. The van der Waals surface area contributed by atoms with Crippen molar-refractivity contribution in [3.8, 4) is 0 Å². The summed E-state index contributed by atoms with van der Waals surface area (Å²) in [7, 11) is 0. The van der Waals surface area contributed by atoms with E-state index in [1.165, 1.54) is 16.7 Å². The second kappa shape index (κ2) is 10.2. The van der Waals surface area contributed by atoms with Gasteiger partial charge in [0.2, 0.25) is 5.90 Å². The Balaban J connectivity index is 1.45. The number of nitrogens with zero attached hydrogens (tertiary/aromatic N) is 1. The predicted molar refractivity (Wildman–Crippen MR) is 154 cm³/mol. The maximum atomic E-state index is 12.6. The quantitative estimate of drug-likeness (QED) is 0.311. The van der Waals surface area contributed by atoms with E-state index in [2.05, 4.69) is 50.2 Å². The van der Waals surface area contributed by atoms with Crippen LogP contribution in [0.2, 0.25) is 0 Å². The van der Waals surface area contributed by atoms with Crippen LogP contribution in [-0.4, -0.2) is 23.7 Å². The summed E-state index contributed by atoms with van der Waals surface area (Å²) in [5.74, 6) is 1.25. The summed E-state index contributed by atoms with van der Waals surface area (Å²) in [6.07, 6.45) is 3.47. The van der Waals surface area contributed by atoms with E-state index >= 15 is 0 Å². The second-order valence-corrected chi connectivity index (χ2v) is 11.0. The van der Waals surface area contributed by atoms with Gasteiger partial charge in [-0.15, -0.1) is 0 Å². The standard InChI is InChI=1S/C35H35NO2/c1-24(2)33-23-38-34(36-33)31-21-25-13-14-26-16-18-28(20-19-27(31)17-15-25)32(22-26)35(37,29-9-5-3-6-10-29)30-11-7-4-8-12-30/h3-12,15-18,21-22,24,33,37H,13-14,19-20,23H2,1-2H3/t33-/m1/s1. The lowest BCUT2D eigenvalue weighted by Gasteiger charge is -2.33. The highest BCUT2D eigenvalue weighted by atomic mass is 16.5. The van der Waals surface area contributed by atoms with E-state index in [9.17, 15) is 5.11 Å². The fourth-order valence-corrected chi connectivity index (χ4v) is 5.80. The minimum absolute atomic E-state index is 0.213. The van der Waals surface area contributed by atoms with Crippen molar-refractivity contribution in [2.24, 2.45) is 10.9 Å². The predicted octanol–water partition coefficient (Wildman–Crippen LogP) is 6.66. The zero-order valence-corrected chi connectivity index (χ0v) is 22.2. The Kier molecular flexibility index (Phi) is 6.63. The van der Waals surface area contributed by atoms with Gasteiger partial charge in [-0.1, -0.05) is 105 Å². The summed E-state index contributed by atoms with van der Waals surface area (Å²) >= 11 is 0. The van der Waals surface area contributed by atoms with Crippen LogP contribution >= 0.6 is 0 Å². The molecule has 192 valence electrons. The van der Waals surface area contributed by atoms with Gasteiger partial charge in [0.05, 0.1) is 6.04 Å². The van der Waals surface area contributed by atoms with Gasteiger partial charge >= 0.3 is 0 Å². The minimum Gasteiger partial charge on any atom is -0.475 e. The van der Waals surface area contributed by atoms with Crippen LogP contribution < -0.4 is 0 Å². The van der Waals surface area contributed by atoms with Gasteiger partial charge in [0.25, 0.3) is 0 Å². The molecule has 1 heterocycles. The number of rotatable bonds is 5. The monoisotopic (exact) mass is 501 g/mol. The summed E-state index contributed by atoms with van der Waals surface area (Å²) in [6, 6.07) is 33.9. The Labute approximate surface area is 225 Å². The molecule has 3 heteroatoms. The van der Waals surface area contributed by atoms with Crippen LogP contribution in [0.4, 0.5) is 0 Å². The number of ether oxygens (including phenoxy) is 1. The first-order valence-corrected chi connectivity index (χ1v) is 13.8. The van der Waals surface area contributed by atoms with Gasteiger partial charge in [-0.2, -0.15) is 0 Å². The van der Waals surface area contributed by atoms with E-state index in [0.717, 1.165) is 59.4 Å². The van der Waals surface area contributed by atoms with Crippen LogP contribution in [-0.2, 0) is 36.0 Å². The summed E-state index contributed by atoms with van der Waals surface area (Å²) in [4.78, 5) is 4.96. The van der Waals surface area contributed by atoms with E-state index in [1.54, 1.807) is 0 Å². The zero-order valence-electron chi connectivity index (χ0n) is 22.2. The number of aryl methyl sites for hydroxylation is 4. The van der Waals surface area contributed by atoms with E-state index in [1.807, 2.05) is 60.7 Å². The highest BCUT2D eigenvalue weighted by Gasteiger charge is 2.36. The summed E-state index contributed by atoms with van der Waals surface area (Å²) in [5, 5.41) is 12.6. The lowest BCUT2D eigenvalue weighted by molar-refractivity contribution is 0.124. The fourth-order valence-electron chi connectivity index (χ4n) is 5.80. The number of aliphatic imine (C=N–C) groups is 1. The molecule has 1 aliphatic heterocycles. The average molecular weight is 502 g/mol. The van der Waals surface area contributed by atoms with Crippen molar-refractivity contribution in [2.45, 2.75) is 51.2 Å². The van der Waals surface area contributed by atoms with Crippen LogP contribution in [0.3, 0.4) is 0 Å². The normalized spacial score (nSPS) is 17.2. The van der Waals surface area contributed by atoms with Crippen molar-refractivity contribution >= 4 is 5.90 Å². The summed E-state index contributed by atoms with van der Waals surface area (Å²) in [5.41, 5.74) is 7.55. The van der Waals surface area contributed by atoms with Crippen molar-refractivity contribution in [2.75, 3.05) is 6.61 Å². The van der Waals surface area contributed by atoms with Gasteiger partial charge in [0.15, 0.2) is 0 Å². The third kappa shape index (κ3) is 4.56. The minimum atomic E-state index is -1.24. The summed E-state index contributed by atoms with van der Waals surface area (Å²) < 4.78 is 6.13. The van der Waals surface area contributed by atoms with Gasteiger partial charge in [0, 0.05) is 5.56 Å². The first kappa shape index (κ1) is 24.6. The molecule has 1 N–H and O–H groups in total. The third-order valence-corrected chi connectivity index (χ3v) is 8.16. The van der Waals surface area contributed by atoms with E-state index in [0.29, 0.717) is 12.5 Å². The second-order valence-electron chi connectivity index (χ2n) is 11.0. The molecule has 0 radical (unpaired) electrons. The highest BCUT2D eigenvalue weighted by molar-refractivity contribution is 5.96. The van der Waals surface area contributed by atoms with Gasteiger partial charge < -0.3 is 9.84 Å². The first-order chi connectivity index (χ1) is 18.5. The molecule has 0 amide bonds. The lowest BCUT2D eigenvalue weighted by Crippen LogP contribution is -2.30. The Morgan fingerprint density at radius 2 is 1.32 bits per heavy atom. The third-order valence-electron chi connectivity index (χ3n) is 8.16. The van der Waals surface area contributed by atoms with E-state index in [4.69, 9.17) is 9.73 Å². The molecule has 0 unspecified atom stereocenters. The van der Waals surface area contributed by atoms with Gasteiger partial charge in [-0.05, 0) is 76.6 Å². The smallest absolute Gasteiger partial charge is 0.216 e. The van der Waals surface area contributed by atoms with Crippen LogP contribution in [0, 0.1) is 5.92 Å². The van der Waals surface area contributed by atoms with E-state index < -0.39 is 5.60 Å². The number of hydrogen-bond donors (Lipinski definition) is 1. The van der Waals surface area contributed by atoms with Crippen LogP contribution in [0.1, 0.15) is 58.4 Å². The molecule has 9 rings (SSSR count). The molecule has 38 heavy (non-hydrogen) atoms. The molecule has 5 aliphatic rings. The van der Waals surface area contributed by atoms with Crippen LogP contribution in [0.15, 0.2) is 102 Å². The molecule has 3 nitrogen and oxygen atoms in total. The molecule has 4 bridgehead atoms. The van der Waals surface area contributed by atoms with Crippen molar-refractivity contribution < 1.29 is 9.84 Å². The van der Waals surface area contributed by atoms with Crippen molar-refractivity contribution in [3.63, 3.8) is 0 Å². The molecule has 0 spiro atoms. The van der Waals surface area contributed by atoms with Crippen LogP contribution in [0.5, 0.6) is 0 Å². The molecule has 0 saturated carbocycles. The Morgan fingerprint density at radius 3 is 1.92 bits per heavy atom. The molecule has 4 aromatic carbocycles. The fraction of sp³-hybridized carbons (Fsp3) is 0.286. The molecule has 0 aromatic heterocycles. The zero-order chi connectivity index (χ0) is 26.1. The molecule has 4 aliphatic carbocycles. The molecule has 0 saturated heterocycles. The van der Waals surface area contributed by atoms with Gasteiger partial charge in [0.1, 0.15) is 12.2 Å². The number of hydrogen-bond acceptors (Lipinski definition) is 3. The van der Waals surface area contributed by atoms with Crippen molar-refractivity contribution in [3.05, 3.63) is 142 Å². The molecular formula is C35H35NO2. The maximum absolute atomic E-state index is 12.6. The molecule has 4 aromatic rings. The topological polar surface area (TPSA) is 41.8 Å². The highest BCUT2D eigenvalue weighted by Crippen LogP contribution is 2.39. The molecule has 1 atom stereocenters. The lowest BCUT2D eigenvalue weighted by atomic mass is 9.76. The van der Waals surface area contributed by atoms with Crippen molar-refractivity contribution in [1.29, 1.82) is 0 Å². The van der Waals surface area contributed by atoms with E-state index in [-0.39, 0.29) is 6.04 Å². The first-order valence-electron chi connectivity index (χ1n) is 13.8. The number of aliphatic hydroxyl groups is 1. The van der Waals surface area contributed by atoms with Gasteiger partial charge in [-0.25, -0.2) is 4.99 Å².